The van der Waals surface area contributed by atoms with E-state index in [1.54, 1.807) is 4.68 Å². The average Bonchev–Trinajstić information content (AvgIpc) is 2.70. The molecule has 4 N–H and O–H groups in total. The van der Waals surface area contributed by atoms with Crippen LogP contribution in [-0.2, 0) is 11.3 Å². The molecule has 1 heterocycles. The van der Waals surface area contributed by atoms with Gasteiger partial charge in [0.2, 0.25) is 0 Å². The number of anilines is 1. The van der Waals surface area contributed by atoms with Gasteiger partial charge >= 0.3 is 0 Å². The quantitative estimate of drug-likeness (QED) is 0.544. The average molecular weight is 242 g/mol. The Morgan fingerprint density at radius 1 is 1.65 bits per heavy atom. The molecule has 0 saturated carbocycles. The lowest BCUT2D eigenvalue weighted by Gasteiger charge is -2.07. The molecule has 0 radical (unpaired) electrons. The number of hydrogen-bond acceptors (Lipinski definition) is 5. The Morgan fingerprint density at radius 2 is 2.41 bits per heavy atom. The smallest absolute Gasteiger partial charge is 0.271 e. The van der Waals surface area contributed by atoms with Crippen molar-refractivity contribution >= 4 is 11.6 Å². The summed E-state index contributed by atoms with van der Waals surface area (Å²) in [5.74, 6) is -0.269. The monoisotopic (exact) mass is 242 g/mol. The first kappa shape index (κ1) is 13.5. The van der Waals surface area contributed by atoms with Gasteiger partial charge in [-0.15, -0.1) is 0 Å². The van der Waals surface area contributed by atoms with Gasteiger partial charge in [-0.3, -0.25) is 9.48 Å². The van der Waals surface area contributed by atoms with Crippen molar-refractivity contribution in [2.24, 2.45) is 0 Å². The number of nitrogens with zero attached hydrogens (tertiary/aromatic N) is 2. The van der Waals surface area contributed by atoms with Crippen LogP contribution in [0.4, 0.5) is 5.69 Å². The molecule has 0 saturated heterocycles. The molecule has 7 nitrogen and oxygen atoms in total. The molecule has 0 aliphatic carbocycles. The van der Waals surface area contributed by atoms with Crippen LogP contribution in [0.2, 0.25) is 0 Å². The largest absolute Gasteiger partial charge is 0.396 e. The molecule has 0 bridgehead atoms. The van der Waals surface area contributed by atoms with Crippen LogP contribution >= 0.6 is 0 Å². The summed E-state index contributed by atoms with van der Waals surface area (Å²) in [6.07, 6.45) is 1.46. The van der Waals surface area contributed by atoms with E-state index in [1.165, 1.54) is 6.20 Å². The van der Waals surface area contributed by atoms with Gasteiger partial charge in [-0.25, -0.2) is 0 Å². The predicted molar refractivity (Wildman–Crippen MR) is 62.6 cm³/mol. The number of carbonyl (C=O) groups is 1. The van der Waals surface area contributed by atoms with E-state index < -0.39 is 0 Å². The first-order valence-electron chi connectivity index (χ1n) is 5.48. The summed E-state index contributed by atoms with van der Waals surface area (Å²) in [7, 11) is 0. The first-order chi connectivity index (χ1) is 8.20. The highest BCUT2D eigenvalue weighted by molar-refractivity contribution is 5.97. The molecule has 7 heteroatoms. The number of carbonyl (C=O) groups excluding carboxylic acids is 1. The minimum absolute atomic E-state index is 0.0243. The zero-order valence-electron chi connectivity index (χ0n) is 9.85. The summed E-state index contributed by atoms with van der Waals surface area (Å²) in [5.41, 5.74) is 6.39. The number of nitrogen functional groups attached to an aromatic ring is 1. The third-order valence-electron chi connectivity index (χ3n) is 2.15. The van der Waals surface area contributed by atoms with E-state index in [4.69, 9.17) is 15.6 Å². The Kier molecular flexibility index (Phi) is 5.44. The molecule has 0 aliphatic rings. The molecule has 0 spiro atoms. The van der Waals surface area contributed by atoms with Crippen molar-refractivity contribution in [2.45, 2.75) is 13.5 Å². The van der Waals surface area contributed by atoms with Crippen LogP contribution in [0.25, 0.3) is 0 Å². The van der Waals surface area contributed by atoms with E-state index in [-0.39, 0.29) is 19.1 Å². The van der Waals surface area contributed by atoms with Gasteiger partial charge in [0, 0.05) is 13.1 Å². The summed E-state index contributed by atoms with van der Waals surface area (Å²) in [5, 5.41) is 15.1. The topological polar surface area (TPSA) is 102 Å². The van der Waals surface area contributed by atoms with Crippen molar-refractivity contribution in [1.82, 2.24) is 15.1 Å². The number of hydrogen-bond donors (Lipinski definition) is 3. The highest BCUT2D eigenvalue weighted by Crippen LogP contribution is 2.09. The second-order valence-electron chi connectivity index (χ2n) is 3.36. The summed E-state index contributed by atoms with van der Waals surface area (Å²) in [6.45, 7) is 3.43. The molecular weight excluding hydrogens is 224 g/mol. The van der Waals surface area contributed by atoms with Crippen molar-refractivity contribution in [1.29, 1.82) is 0 Å². The predicted octanol–water partition coefficient (Wildman–Crippen LogP) is -0.776. The van der Waals surface area contributed by atoms with Crippen LogP contribution in [0.15, 0.2) is 6.20 Å². The van der Waals surface area contributed by atoms with Gasteiger partial charge in [0.1, 0.15) is 5.69 Å². The number of nitrogens with two attached hydrogens (primary N) is 1. The number of aromatic nitrogens is 2. The van der Waals surface area contributed by atoms with Crippen LogP contribution in [0, 0.1) is 0 Å². The standard InChI is InChI=1S/C10H18N4O3/c1-2-14-9(8(11)7-13-14)10(16)12-3-5-17-6-4-15/h7,15H,2-6,11H2,1H3,(H,12,16). The van der Waals surface area contributed by atoms with Gasteiger partial charge < -0.3 is 20.9 Å². The molecule has 1 rings (SSSR count). The fourth-order valence-corrected chi connectivity index (χ4v) is 1.37. The number of aliphatic hydroxyl groups is 1. The summed E-state index contributed by atoms with van der Waals surface area (Å²) < 4.78 is 6.56. The van der Waals surface area contributed by atoms with E-state index in [1.807, 2.05) is 6.92 Å². The highest BCUT2D eigenvalue weighted by Gasteiger charge is 2.15. The van der Waals surface area contributed by atoms with Gasteiger partial charge in [0.25, 0.3) is 5.91 Å². The van der Waals surface area contributed by atoms with Gasteiger partial charge in [-0.2, -0.15) is 5.10 Å². The van der Waals surface area contributed by atoms with E-state index in [2.05, 4.69) is 10.4 Å². The van der Waals surface area contributed by atoms with Gasteiger partial charge in [-0.05, 0) is 6.92 Å². The van der Waals surface area contributed by atoms with E-state index in [0.717, 1.165) is 0 Å². The number of ether oxygens (including phenoxy) is 1. The van der Waals surface area contributed by atoms with Gasteiger partial charge in [-0.1, -0.05) is 0 Å². The van der Waals surface area contributed by atoms with Crippen molar-refractivity contribution in [2.75, 3.05) is 32.1 Å². The first-order valence-corrected chi connectivity index (χ1v) is 5.48. The minimum atomic E-state index is -0.269. The van der Waals surface area contributed by atoms with Crippen molar-refractivity contribution in [3.8, 4) is 0 Å². The summed E-state index contributed by atoms with van der Waals surface area (Å²) in [4.78, 5) is 11.8. The number of aryl methyl sites for hydroxylation is 1. The van der Waals surface area contributed by atoms with Gasteiger partial charge in [0.05, 0.1) is 31.7 Å². The molecule has 1 aromatic rings. The molecule has 0 aromatic carbocycles. The van der Waals surface area contributed by atoms with Crippen LogP contribution in [0.5, 0.6) is 0 Å². The number of aliphatic hydroxyl groups excluding tert-OH is 1. The van der Waals surface area contributed by atoms with Crippen LogP contribution in [0.3, 0.4) is 0 Å². The Morgan fingerprint density at radius 3 is 3.06 bits per heavy atom. The van der Waals surface area contributed by atoms with Crippen molar-refractivity contribution in [3.05, 3.63) is 11.9 Å². The maximum absolute atomic E-state index is 11.8. The molecule has 1 amide bonds. The molecule has 96 valence electrons. The SMILES string of the molecule is CCn1ncc(N)c1C(=O)NCCOCCO. The summed E-state index contributed by atoms with van der Waals surface area (Å²) in [6, 6.07) is 0. The maximum Gasteiger partial charge on any atom is 0.271 e. The number of nitrogens with one attached hydrogen (secondary N) is 1. The van der Waals surface area contributed by atoms with E-state index in [9.17, 15) is 4.79 Å². The lowest BCUT2D eigenvalue weighted by molar-refractivity contribution is 0.0832. The fraction of sp³-hybridized carbons (Fsp3) is 0.600. The van der Waals surface area contributed by atoms with Gasteiger partial charge in [0.15, 0.2) is 0 Å². The lowest BCUT2D eigenvalue weighted by Crippen LogP contribution is -2.30. The summed E-state index contributed by atoms with van der Waals surface area (Å²) >= 11 is 0. The molecule has 0 aliphatic heterocycles. The van der Waals surface area contributed by atoms with Crippen molar-refractivity contribution < 1.29 is 14.6 Å². The second-order valence-corrected chi connectivity index (χ2v) is 3.36. The molecule has 0 atom stereocenters. The molecular formula is C10H18N4O3. The third kappa shape index (κ3) is 3.72. The second kappa shape index (κ2) is 6.87. The normalized spacial score (nSPS) is 10.5. The Bertz CT molecular complexity index is 364. The lowest BCUT2D eigenvalue weighted by atomic mass is 10.3. The Labute approximate surface area is 99.6 Å². The molecule has 0 fully saturated rings. The van der Waals surface area contributed by atoms with E-state index in [0.29, 0.717) is 31.1 Å². The maximum atomic E-state index is 11.8. The highest BCUT2D eigenvalue weighted by atomic mass is 16.5. The van der Waals surface area contributed by atoms with Crippen molar-refractivity contribution in [3.63, 3.8) is 0 Å². The molecule has 1 aromatic heterocycles. The van der Waals surface area contributed by atoms with Crippen LogP contribution in [-0.4, -0.2) is 47.2 Å². The minimum Gasteiger partial charge on any atom is -0.396 e. The molecule has 0 unspecified atom stereocenters. The zero-order chi connectivity index (χ0) is 12.7. The number of rotatable bonds is 7. The van der Waals surface area contributed by atoms with Crippen LogP contribution < -0.4 is 11.1 Å². The molecule has 17 heavy (non-hydrogen) atoms. The fourth-order valence-electron chi connectivity index (χ4n) is 1.37. The Hall–Kier alpha value is -1.60. The Balaban J connectivity index is 2.44. The van der Waals surface area contributed by atoms with Crippen LogP contribution in [0.1, 0.15) is 17.4 Å². The van der Waals surface area contributed by atoms with E-state index >= 15 is 0 Å². The number of amides is 1. The zero-order valence-corrected chi connectivity index (χ0v) is 9.85. The third-order valence-corrected chi connectivity index (χ3v) is 2.15.